The molecule has 0 bridgehead atoms. The average molecular weight is 227 g/mol. The molecule has 1 rings (SSSR count). The van der Waals surface area contributed by atoms with E-state index in [9.17, 15) is 5.11 Å². The first-order valence-corrected chi connectivity index (χ1v) is 6.02. The van der Waals surface area contributed by atoms with Crippen molar-refractivity contribution < 1.29 is 9.84 Å². The van der Waals surface area contributed by atoms with Crippen molar-refractivity contribution in [2.24, 2.45) is 5.41 Å². The van der Waals surface area contributed by atoms with Gasteiger partial charge in [0.05, 0.1) is 19.8 Å². The fraction of sp³-hybridized carbons (Fsp3) is 0.846. The zero-order valence-electron chi connectivity index (χ0n) is 11.0. The quantitative estimate of drug-likeness (QED) is 0.742. The second-order valence-electron chi connectivity index (χ2n) is 5.68. The topological polar surface area (TPSA) is 32.7 Å². The molecule has 1 atom stereocenters. The lowest BCUT2D eigenvalue weighted by Crippen LogP contribution is -2.45. The van der Waals surface area contributed by atoms with Crippen molar-refractivity contribution in [1.82, 2.24) is 4.90 Å². The van der Waals surface area contributed by atoms with Crippen LogP contribution in [-0.2, 0) is 4.74 Å². The van der Waals surface area contributed by atoms with Crippen LogP contribution in [-0.4, -0.2) is 49.5 Å². The van der Waals surface area contributed by atoms with Gasteiger partial charge in [-0.1, -0.05) is 26.8 Å². The summed E-state index contributed by atoms with van der Waals surface area (Å²) in [4.78, 5) is 2.22. The van der Waals surface area contributed by atoms with Crippen LogP contribution in [0.2, 0.25) is 0 Å². The monoisotopic (exact) mass is 227 g/mol. The highest BCUT2D eigenvalue weighted by Gasteiger charge is 2.27. The average Bonchev–Trinajstić information content (AvgIpc) is 2.17. The Bertz CT molecular complexity index is 243. The van der Waals surface area contributed by atoms with Gasteiger partial charge in [0.1, 0.15) is 0 Å². The molecule has 0 aromatic carbocycles. The van der Waals surface area contributed by atoms with Crippen LogP contribution < -0.4 is 0 Å². The molecule has 0 fully saturated rings. The highest BCUT2D eigenvalue weighted by atomic mass is 16.5. The predicted octanol–water partition coefficient (Wildman–Crippen LogP) is 1.67. The van der Waals surface area contributed by atoms with Gasteiger partial charge in [0, 0.05) is 12.6 Å². The van der Waals surface area contributed by atoms with Gasteiger partial charge in [-0.2, -0.15) is 0 Å². The molecule has 0 aromatic rings. The molecular formula is C13H25NO2. The molecule has 3 heteroatoms. The molecule has 0 saturated heterocycles. The molecule has 0 spiro atoms. The Kier molecular flexibility index (Phi) is 4.96. The minimum atomic E-state index is 0.0968. The number of nitrogens with zero attached hydrogens (tertiary/aromatic N) is 1. The summed E-state index contributed by atoms with van der Waals surface area (Å²) in [6, 6.07) is 0.190. The first-order valence-electron chi connectivity index (χ1n) is 6.02. The van der Waals surface area contributed by atoms with E-state index < -0.39 is 0 Å². The van der Waals surface area contributed by atoms with E-state index in [-0.39, 0.29) is 18.1 Å². The van der Waals surface area contributed by atoms with Crippen molar-refractivity contribution in [1.29, 1.82) is 0 Å². The summed E-state index contributed by atoms with van der Waals surface area (Å²) in [6.07, 6.45) is 3.28. The zero-order chi connectivity index (χ0) is 12.2. The molecule has 1 aliphatic heterocycles. The van der Waals surface area contributed by atoms with Gasteiger partial charge in [-0.3, -0.25) is 4.90 Å². The molecule has 3 nitrogen and oxygen atoms in total. The maximum Gasteiger partial charge on any atom is 0.0689 e. The van der Waals surface area contributed by atoms with Crippen molar-refractivity contribution in [2.75, 3.05) is 33.4 Å². The van der Waals surface area contributed by atoms with Crippen molar-refractivity contribution in [3.05, 3.63) is 11.6 Å². The minimum Gasteiger partial charge on any atom is -0.395 e. The summed E-state index contributed by atoms with van der Waals surface area (Å²) in [6.45, 7) is 9.17. The van der Waals surface area contributed by atoms with E-state index in [4.69, 9.17) is 4.74 Å². The Morgan fingerprint density at radius 3 is 2.62 bits per heavy atom. The SMILES string of the molecule is CN(CC1=CCCOC1)C(CO)C(C)(C)C. The predicted molar refractivity (Wildman–Crippen MR) is 66.5 cm³/mol. The lowest BCUT2D eigenvalue weighted by molar-refractivity contribution is 0.0664. The third-order valence-electron chi connectivity index (χ3n) is 3.14. The third-order valence-corrected chi connectivity index (χ3v) is 3.14. The van der Waals surface area contributed by atoms with E-state index in [0.717, 1.165) is 26.2 Å². The molecule has 1 heterocycles. The summed E-state index contributed by atoms with van der Waals surface area (Å²) in [5.74, 6) is 0. The fourth-order valence-corrected chi connectivity index (χ4v) is 2.22. The molecular weight excluding hydrogens is 202 g/mol. The largest absolute Gasteiger partial charge is 0.395 e. The fourth-order valence-electron chi connectivity index (χ4n) is 2.22. The van der Waals surface area contributed by atoms with Gasteiger partial charge >= 0.3 is 0 Å². The second kappa shape index (κ2) is 5.80. The number of rotatable bonds is 4. The molecule has 1 unspecified atom stereocenters. The van der Waals surface area contributed by atoms with E-state index in [1.807, 2.05) is 0 Å². The standard InChI is InChI=1S/C13H25NO2/c1-13(2,3)12(9-15)14(4)8-11-6-5-7-16-10-11/h6,12,15H,5,7-10H2,1-4H3. The van der Waals surface area contributed by atoms with Gasteiger partial charge < -0.3 is 9.84 Å². The van der Waals surface area contributed by atoms with Crippen LogP contribution in [0.3, 0.4) is 0 Å². The zero-order valence-corrected chi connectivity index (χ0v) is 11.0. The molecule has 0 radical (unpaired) electrons. The molecule has 0 aliphatic carbocycles. The minimum absolute atomic E-state index is 0.0968. The number of ether oxygens (including phenoxy) is 1. The Morgan fingerprint density at radius 1 is 1.50 bits per heavy atom. The van der Waals surface area contributed by atoms with E-state index in [1.54, 1.807) is 0 Å². The van der Waals surface area contributed by atoms with Crippen LogP contribution in [0.25, 0.3) is 0 Å². The number of aliphatic hydroxyl groups excluding tert-OH is 1. The summed E-state index contributed by atoms with van der Waals surface area (Å²) in [5.41, 5.74) is 1.43. The summed E-state index contributed by atoms with van der Waals surface area (Å²) in [5, 5.41) is 9.47. The van der Waals surface area contributed by atoms with Crippen LogP contribution in [0.5, 0.6) is 0 Å². The van der Waals surface area contributed by atoms with E-state index >= 15 is 0 Å². The summed E-state index contributed by atoms with van der Waals surface area (Å²) < 4.78 is 5.42. The first kappa shape index (κ1) is 13.7. The lowest BCUT2D eigenvalue weighted by Gasteiger charge is -2.37. The van der Waals surface area contributed by atoms with Crippen molar-refractivity contribution in [2.45, 2.75) is 33.2 Å². The molecule has 0 amide bonds. The van der Waals surface area contributed by atoms with Crippen molar-refractivity contribution >= 4 is 0 Å². The van der Waals surface area contributed by atoms with Crippen LogP contribution >= 0.6 is 0 Å². The Balaban J connectivity index is 2.55. The lowest BCUT2D eigenvalue weighted by atomic mass is 9.86. The smallest absolute Gasteiger partial charge is 0.0689 e. The van der Waals surface area contributed by atoms with E-state index in [1.165, 1.54) is 5.57 Å². The Hall–Kier alpha value is -0.380. The van der Waals surface area contributed by atoms with Gasteiger partial charge in [-0.05, 0) is 24.5 Å². The maximum atomic E-state index is 9.47. The van der Waals surface area contributed by atoms with Crippen LogP contribution in [0.4, 0.5) is 0 Å². The first-order chi connectivity index (χ1) is 7.45. The Labute approximate surface area is 99.1 Å². The van der Waals surface area contributed by atoms with Gasteiger partial charge in [0.2, 0.25) is 0 Å². The highest BCUT2D eigenvalue weighted by molar-refractivity contribution is 5.07. The van der Waals surface area contributed by atoms with Crippen molar-refractivity contribution in [3.63, 3.8) is 0 Å². The Morgan fingerprint density at radius 2 is 2.19 bits per heavy atom. The number of likely N-dealkylation sites (N-methyl/N-ethyl adjacent to an activating group) is 1. The van der Waals surface area contributed by atoms with Crippen LogP contribution in [0.1, 0.15) is 27.2 Å². The van der Waals surface area contributed by atoms with E-state index in [0.29, 0.717) is 0 Å². The van der Waals surface area contributed by atoms with Crippen molar-refractivity contribution in [3.8, 4) is 0 Å². The summed E-state index contributed by atoms with van der Waals surface area (Å²) >= 11 is 0. The van der Waals surface area contributed by atoms with Crippen LogP contribution in [0.15, 0.2) is 11.6 Å². The normalized spacial score (nSPS) is 19.8. The molecule has 0 saturated carbocycles. The number of hydrogen-bond acceptors (Lipinski definition) is 3. The van der Waals surface area contributed by atoms with Gasteiger partial charge in [0.15, 0.2) is 0 Å². The van der Waals surface area contributed by atoms with Gasteiger partial charge in [-0.25, -0.2) is 0 Å². The maximum absolute atomic E-state index is 9.47. The number of hydrogen-bond donors (Lipinski definition) is 1. The van der Waals surface area contributed by atoms with E-state index in [2.05, 4.69) is 38.8 Å². The molecule has 16 heavy (non-hydrogen) atoms. The van der Waals surface area contributed by atoms with Gasteiger partial charge in [0.25, 0.3) is 0 Å². The molecule has 0 aromatic heterocycles. The summed E-state index contributed by atoms with van der Waals surface area (Å²) in [7, 11) is 2.07. The number of aliphatic hydroxyl groups is 1. The molecule has 1 N–H and O–H groups in total. The van der Waals surface area contributed by atoms with Crippen LogP contribution in [0, 0.1) is 5.41 Å². The third kappa shape index (κ3) is 3.89. The molecule has 94 valence electrons. The highest BCUT2D eigenvalue weighted by Crippen LogP contribution is 2.24. The van der Waals surface area contributed by atoms with Gasteiger partial charge in [-0.15, -0.1) is 0 Å². The molecule has 1 aliphatic rings. The second-order valence-corrected chi connectivity index (χ2v) is 5.68.